The number of carboxylic acid groups (broad SMARTS) is 1. The summed E-state index contributed by atoms with van der Waals surface area (Å²) in [5.74, 6) is -2.04. The van der Waals surface area contributed by atoms with Gasteiger partial charge >= 0.3 is 11.9 Å². The Kier molecular flexibility index (Phi) is 11.6. The number of aromatic amines is 1. The second-order valence-electron chi connectivity index (χ2n) is 13.1. The largest absolute Gasteiger partial charge is 0.497 e. The predicted octanol–water partition coefficient (Wildman–Crippen LogP) is 4.75. The number of benzene rings is 3. The summed E-state index contributed by atoms with van der Waals surface area (Å²) in [4.78, 5) is 60.4. The van der Waals surface area contributed by atoms with E-state index in [1.165, 1.54) is 4.57 Å². The maximum atomic E-state index is 16.8. The van der Waals surface area contributed by atoms with Crippen molar-refractivity contribution in [3.8, 4) is 11.5 Å². The van der Waals surface area contributed by atoms with Gasteiger partial charge in [-0.05, 0) is 41.0 Å². The van der Waals surface area contributed by atoms with Gasteiger partial charge in [0, 0.05) is 5.92 Å². The normalized spacial score (nSPS) is 18.3. The highest BCUT2D eigenvalue weighted by Gasteiger charge is 2.51. The average Bonchev–Trinajstić information content (AvgIpc) is 3.75. The fourth-order valence-corrected chi connectivity index (χ4v) is 6.33. The number of ether oxygens (including phenoxy) is 5. The number of amides is 1. The summed E-state index contributed by atoms with van der Waals surface area (Å²) < 4.78 is 47.6. The number of hydrogen-bond donors (Lipinski definition) is 3. The smallest absolute Gasteiger partial charge is 0.306 e. The van der Waals surface area contributed by atoms with E-state index in [2.05, 4.69) is 20.3 Å². The topological polar surface area (TPSA) is 193 Å². The van der Waals surface area contributed by atoms with Crippen LogP contribution in [0.3, 0.4) is 0 Å². The quantitative estimate of drug-likeness (QED) is 0.0982. The summed E-state index contributed by atoms with van der Waals surface area (Å²) in [7, 11) is 3.10. The van der Waals surface area contributed by atoms with Crippen molar-refractivity contribution in [2.24, 2.45) is 5.92 Å². The number of halogens is 1. The van der Waals surface area contributed by atoms with Crippen LogP contribution in [-0.4, -0.2) is 81.7 Å². The van der Waals surface area contributed by atoms with Gasteiger partial charge in [-0.3, -0.25) is 34.0 Å². The van der Waals surface area contributed by atoms with E-state index in [4.69, 9.17) is 23.7 Å². The Morgan fingerprint density at radius 3 is 2.11 bits per heavy atom. The first-order valence-corrected chi connectivity index (χ1v) is 17.4. The lowest BCUT2D eigenvalue weighted by atomic mass is 9.80. The molecule has 2 aromatic heterocycles. The first-order valence-electron chi connectivity index (χ1n) is 17.4. The fraction of sp³-hybridized carbons (Fsp3) is 0.333. The number of esters is 1. The van der Waals surface area contributed by atoms with Crippen LogP contribution >= 0.6 is 0 Å². The molecule has 15 nitrogen and oxygen atoms in total. The molecule has 1 amide bonds. The van der Waals surface area contributed by atoms with E-state index in [1.807, 2.05) is 54.6 Å². The molecule has 5 aromatic rings. The molecule has 1 fully saturated rings. The van der Waals surface area contributed by atoms with E-state index in [9.17, 15) is 24.3 Å². The van der Waals surface area contributed by atoms with Gasteiger partial charge < -0.3 is 28.8 Å². The van der Waals surface area contributed by atoms with Crippen LogP contribution in [-0.2, 0) is 34.2 Å². The molecule has 0 radical (unpaired) electrons. The lowest BCUT2D eigenvalue weighted by molar-refractivity contribution is -0.159. The van der Waals surface area contributed by atoms with Crippen molar-refractivity contribution in [1.82, 2.24) is 19.5 Å². The zero-order valence-electron chi connectivity index (χ0n) is 30.4. The number of nitrogens with one attached hydrogen (secondary N) is 2. The Hall–Kier alpha value is -6.13. The van der Waals surface area contributed by atoms with Crippen LogP contribution in [0.25, 0.3) is 11.2 Å². The van der Waals surface area contributed by atoms with Crippen LogP contribution in [0.4, 0.5) is 10.3 Å². The number of carbonyl (C=O) groups is 3. The molecule has 6 rings (SSSR count). The van der Waals surface area contributed by atoms with Gasteiger partial charge in [0.05, 0.1) is 40.0 Å². The van der Waals surface area contributed by atoms with Crippen molar-refractivity contribution in [3.63, 3.8) is 0 Å². The van der Waals surface area contributed by atoms with E-state index in [0.717, 1.165) is 6.33 Å². The van der Waals surface area contributed by atoms with Crippen LogP contribution in [0.2, 0.25) is 0 Å². The van der Waals surface area contributed by atoms with Crippen LogP contribution in [0.15, 0.2) is 90.0 Å². The fourth-order valence-electron chi connectivity index (χ4n) is 6.33. The second-order valence-corrected chi connectivity index (χ2v) is 13.1. The number of fused-ring (bicyclic) bond motifs is 1. The monoisotopic (exact) mass is 757 g/mol. The van der Waals surface area contributed by atoms with Gasteiger partial charge in [0.1, 0.15) is 23.2 Å². The number of imidazole rings is 1. The van der Waals surface area contributed by atoms with Gasteiger partial charge in [0.2, 0.25) is 11.9 Å². The Morgan fingerprint density at radius 2 is 1.55 bits per heavy atom. The molecule has 3 heterocycles. The molecule has 0 unspecified atom stereocenters. The van der Waals surface area contributed by atoms with Crippen molar-refractivity contribution in [2.75, 3.05) is 26.1 Å². The third-order valence-corrected chi connectivity index (χ3v) is 9.19. The molecule has 0 spiro atoms. The minimum Gasteiger partial charge on any atom is -0.497 e. The van der Waals surface area contributed by atoms with E-state index in [-0.39, 0.29) is 23.7 Å². The number of methoxy groups -OCH3 is 2. The molecule has 288 valence electrons. The number of H-pyrrole nitrogens is 1. The molecule has 0 bridgehead atoms. The minimum absolute atomic E-state index is 0.108. The molecule has 16 heteroatoms. The van der Waals surface area contributed by atoms with Crippen molar-refractivity contribution < 1.29 is 47.6 Å². The van der Waals surface area contributed by atoms with Crippen LogP contribution in [0, 0.1) is 5.92 Å². The third-order valence-electron chi connectivity index (χ3n) is 9.19. The number of nitrogens with zero attached hydrogens (tertiary/aromatic N) is 3. The molecule has 0 aliphatic carbocycles. The Bertz CT molecular complexity index is 2140. The highest BCUT2D eigenvalue weighted by atomic mass is 19.1. The van der Waals surface area contributed by atoms with Crippen molar-refractivity contribution >= 4 is 35.0 Å². The zero-order chi connectivity index (χ0) is 39.3. The SMILES string of the molecule is COc1ccc(C(OC[C@H]2O[C@@H](n3cnc4c(=O)[nH]c(NC(=O)C(C)C)nc43)[C@@H](F)[C@@H]2OC(=O)CCC(=O)O)(c2ccccc2)c2ccc(OC)cc2)cc1. The summed E-state index contributed by atoms with van der Waals surface area (Å²) in [6.07, 6.45) is -6.42. The van der Waals surface area contributed by atoms with Crippen molar-refractivity contribution in [3.05, 3.63) is 112 Å². The average molecular weight is 758 g/mol. The molecular weight excluding hydrogens is 717 g/mol. The minimum atomic E-state index is -2.08. The number of anilines is 1. The van der Waals surface area contributed by atoms with E-state index in [1.54, 1.807) is 52.3 Å². The molecule has 1 saturated heterocycles. The highest BCUT2D eigenvalue weighted by Crippen LogP contribution is 2.43. The van der Waals surface area contributed by atoms with Gasteiger partial charge in [0.25, 0.3) is 5.56 Å². The van der Waals surface area contributed by atoms with Crippen LogP contribution < -0.4 is 20.3 Å². The number of aliphatic carboxylic acids is 1. The van der Waals surface area contributed by atoms with Crippen molar-refractivity contribution in [2.45, 2.75) is 56.9 Å². The number of carbonyl (C=O) groups excluding carboxylic acids is 2. The van der Waals surface area contributed by atoms with Gasteiger partial charge in [0.15, 0.2) is 29.7 Å². The van der Waals surface area contributed by atoms with Crippen LogP contribution in [0.5, 0.6) is 11.5 Å². The second kappa shape index (κ2) is 16.5. The first kappa shape index (κ1) is 38.6. The van der Waals surface area contributed by atoms with Crippen molar-refractivity contribution in [1.29, 1.82) is 0 Å². The third kappa shape index (κ3) is 8.05. The predicted molar refractivity (Wildman–Crippen MR) is 195 cm³/mol. The van der Waals surface area contributed by atoms with E-state index < -0.39 is 72.4 Å². The summed E-state index contributed by atoms with van der Waals surface area (Å²) in [5, 5.41) is 11.7. The molecule has 4 atom stereocenters. The van der Waals surface area contributed by atoms with Gasteiger partial charge in [-0.1, -0.05) is 68.4 Å². The number of hydrogen-bond acceptors (Lipinski definition) is 11. The van der Waals surface area contributed by atoms with Gasteiger partial charge in [-0.25, -0.2) is 9.37 Å². The summed E-state index contributed by atoms with van der Waals surface area (Å²) in [5.41, 5.74) is -0.272. The van der Waals surface area contributed by atoms with Gasteiger partial charge in [-0.2, -0.15) is 4.98 Å². The Morgan fingerprint density at radius 1 is 0.945 bits per heavy atom. The molecule has 55 heavy (non-hydrogen) atoms. The molecular formula is C39H40FN5O10. The zero-order valence-corrected chi connectivity index (χ0v) is 30.4. The van der Waals surface area contributed by atoms with E-state index in [0.29, 0.717) is 28.2 Å². The summed E-state index contributed by atoms with van der Waals surface area (Å²) >= 11 is 0. The maximum absolute atomic E-state index is 16.8. The van der Waals surface area contributed by atoms with E-state index >= 15 is 4.39 Å². The number of aromatic nitrogens is 4. The molecule has 3 aromatic carbocycles. The lowest BCUT2D eigenvalue weighted by Crippen LogP contribution is -2.41. The molecule has 1 aliphatic heterocycles. The van der Waals surface area contributed by atoms with Crippen LogP contribution in [0.1, 0.15) is 49.6 Å². The summed E-state index contributed by atoms with van der Waals surface area (Å²) in [6.45, 7) is 2.95. The first-order chi connectivity index (χ1) is 26.4. The Balaban J connectivity index is 1.42. The van der Waals surface area contributed by atoms with Gasteiger partial charge in [-0.15, -0.1) is 0 Å². The maximum Gasteiger partial charge on any atom is 0.306 e. The number of alkyl halides is 1. The standard InChI is InChI=1S/C39H40FN5O10/c1-22(2)35(49)43-38-42-34-32(36(50)44-38)41-21-45(34)37-31(40)33(55-30(48)19-18-29(46)47)28(54-37)20-53-39(23-8-6-5-7-9-23,24-10-14-26(51-3)15-11-24)25-12-16-27(52-4)17-13-25/h5-17,21-22,28,31,33,37H,18-20H2,1-4H3,(H,46,47)(H2,42,43,44,49,50)/t28-,31+,33-,37-/m1/s1. The highest BCUT2D eigenvalue weighted by molar-refractivity contribution is 5.91. The number of carboxylic acids is 1. The lowest BCUT2D eigenvalue weighted by Gasteiger charge is -2.37. The summed E-state index contributed by atoms with van der Waals surface area (Å²) in [6, 6.07) is 23.8. The molecule has 0 saturated carbocycles. The Labute approximate surface area is 314 Å². The molecule has 3 N–H and O–H groups in total. The number of rotatable bonds is 15. The molecule has 1 aliphatic rings.